The number of urea groups is 1. The fourth-order valence-electron chi connectivity index (χ4n) is 3.20. The van der Waals surface area contributed by atoms with Crippen molar-refractivity contribution in [2.24, 2.45) is 0 Å². The standard InChI is InChI=1S/C16H17F3N4O3/c1-20-14(26)22-8-15(9-22)13(25)21-6-12(24)23(15)7-10-2-4-11(5-3-10)16(17,18)19/h2-5H,6-9H2,1H3,(H,20,26)(H,21,25). The lowest BCUT2D eigenvalue weighted by atomic mass is 9.84. The topological polar surface area (TPSA) is 81.8 Å². The first kappa shape index (κ1) is 18.0. The maximum atomic E-state index is 12.7. The van der Waals surface area contributed by atoms with E-state index in [0.29, 0.717) is 5.56 Å². The van der Waals surface area contributed by atoms with Crippen LogP contribution < -0.4 is 10.6 Å². The van der Waals surface area contributed by atoms with Gasteiger partial charge in [-0.25, -0.2) is 4.79 Å². The molecule has 0 radical (unpaired) electrons. The van der Waals surface area contributed by atoms with Crippen molar-refractivity contribution in [1.82, 2.24) is 20.4 Å². The van der Waals surface area contributed by atoms with E-state index in [9.17, 15) is 27.6 Å². The van der Waals surface area contributed by atoms with Crippen LogP contribution in [0.15, 0.2) is 24.3 Å². The summed E-state index contributed by atoms with van der Waals surface area (Å²) in [5.41, 5.74) is -1.50. The molecule has 3 rings (SSSR count). The number of halogens is 3. The molecule has 1 spiro atoms. The zero-order valence-corrected chi connectivity index (χ0v) is 13.9. The van der Waals surface area contributed by atoms with Crippen LogP contribution in [0.25, 0.3) is 0 Å². The van der Waals surface area contributed by atoms with Crippen molar-refractivity contribution in [3.05, 3.63) is 35.4 Å². The number of likely N-dealkylation sites (tertiary alicyclic amines) is 1. The Kier molecular flexibility index (Phi) is 4.29. The van der Waals surface area contributed by atoms with Gasteiger partial charge in [0.1, 0.15) is 0 Å². The number of carbonyl (C=O) groups is 3. The monoisotopic (exact) mass is 370 g/mol. The molecule has 140 valence electrons. The van der Waals surface area contributed by atoms with E-state index in [1.807, 2.05) is 0 Å². The summed E-state index contributed by atoms with van der Waals surface area (Å²) < 4.78 is 38.0. The molecule has 0 aromatic heterocycles. The molecule has 2 aliphatic heterocycles. The molecule has 0 saturated carbocycles. The quantitative estimate of drug-likeness (QED) is 0.798. The molecule has 1 aromatic carbocycles. The van der Waals surface area contributed by atoms with E-state index in [2.05, 4.69) is 10.6 Å². The fourth-order valence-corrected chi connectivity index (χ4v) is 3.20. The largest absolute Gasteiger partial charge is 0.416 e. The molecule has 0 aliphatic carbocycles. The maximum absolute atomic E-state index is 12.7. The highest BCUT2D eigenvalue weighted by Gasteiger charge is 2.58. The molecule has 4 amide bonds. The second-order valence-corrected chi connectivity index (χ2v) is 6.30. The Labute approximate surface area is 147 Å². The zero-order chi connectivity index (χ0) is 19.1. The molecule has 2 fully saturated rings. The lowest BCUT2D eigenvalue weighted by Crippen LogP contribution is -2.81. The second kappa shape index (κ2) is 6.19. The van der Waals surface area contributed by atoms with Crippen molar-refractivity contribution in [3.8, 4) is 0 Å². The molecule has 10 heteroatoms. The van der Waals surface area contributed by atoms with Gasteiger partial charge in [0.25, 0.3) is 0 Å². The van der Waals surface area contributed by atoms with Gasteiger partial charge < -0.3 is 20.4 Å². The van der Waals surface area contributed by atoms with E-state index in [-0.39, 0.29) is 44.0 Å². The van der Waals surface area contributed by atoms with Crippen molar-refractivity contribution in [1.29, 1.82) is 0 Å². The van der Waals surface area contributed by atoms with Crippen molar-refractivity contribution < 1.29 is 27.6 Å². The fraction of sp³-hybridized carbons (Fsp3) is 0.438. The molecule has 1 aromatic rings. The predicted octanol–water partition coefficient (Wildman–Crippen LogP) is 0.558. The SMILES string of the molecule is CNC(=O)N1CC2(C1)C(=O)NCC(=O)N2Cc1ccc(C(F)(F)F)cc1. The van der Waals surface area contributed by atoms with Crippen LogP contribution in [0.5, 0.6) is 0 Å². The minimum atomic E-state index is -4.44. The van der Waals surface area contributed by atoms with Crippen LogP contribution in [0, 0.1) is 0 Å². The van der Waals surface area contributed by atoms with Crippen molar-refractivity contribution in [2.75, 3.05) is 26.7 Å². The average Bonchev–Trinajstić information content (AvgIpc) is 2.56. The highest BCUT2D eigenvalue weighted by Crippen LogP contribution is 2.33. The third-order valence-electron chi connectivity index (χ3n) is 4.67. The van der Waals surface area contributed by atoms with Crippen LogP contribution in [-0.4, -0.2) is 59.9 Å². The summed E-state index contributed by atoms with van der Waals surface area (Å²) in [6.07, 6.45) is -4.44. The number of piperazine rings is 1. The summed E-state index contributed by atoms with van der Waals surface area (Å²) in [7, 11) is 1.46. The van der Waals surface area contributed by atoms with Crippen LogP contribution >= 0.6 is 0 Å². The van der Waals surface area contributed by atoms with Gasteiger partial charge in [-0.15, -0.1) is 0 Å². The van der Waals surface area contributed by atoms with Crippen LogP contribution in [0.1, 0.15) is 11.1 Å². The third kappa shape index (κ3) is 2.95. The van der Waals surface area contributed by atoms with Gasteiger partial charge in [0, 0.05) is 13.6 Å². The number of nitrogens with one attached hydrogen (secondary N) is 2. The Morgan fingerprint density at radius 1 is 1.23 bits per heavy atom. The predicted molar refractivity (Wildman–Crippen MR) is 83.8 cm³/mol. The lowest BCUT2D eigenvalue weighted by molar-refractivity contribution is -0.164. The van der Waals surface area contributed by atoms with Crippen LogP contribution in [0.3, 0.4) is 0 Å². The van der Waals surface area contributed by atoms with Gasteiger partial charge in [-0.3, -0.25) is 9.59 Å². The molecule has 2 aliphatic rings. The van der Waals surface area contributed by atoms with Crippen LogP contribution in [-0.2, 0) is 22.3 Å². The number of hydrogen-bond donors (Lipinski definition) is 2. The number of nitrogens with zero attached hydrogens (tertiary/aromatic N) is 2. The molecule has 26 heavy (non-hydrogen) atoms. The van der Waals surface area contributed by atoms with E-state index in [1.54, 1.807) is 0 Å². The number of rotatable bonds is 2. The van der Waals surface area contributed by atoms with Crippen LogP contribution in [0.2, 0.25) is 0 Å². The summed E-state index contributed by atoms with van der Waals surface area (Å²) in [4.78, 5) is 39.1. The summed E-state index contributed by atoms with van der Waals surface area (Å²) in [5.74, 6) is -0.717. The molecule has 0 unspecified atom stereocenters. The van der Waals surface area contributed by atoms with Gasteiger partial charge in [-0.1, -0.05) is 12.1 Å². The van der Waals surface area contributed by atoms with Crippen molar-refractivity contribution >= 4 is 17.8 Å². The van der Waals surface area contributed by atoms with Crippen LogP contribution in [0.4, 0.5) is 18.0 Å². The first-order valence-electron chi connectivity index (χ1n) is 7.89. The molecule has 7 nitrogen and oxygen atoms in total. The van der Waals surface area contributed by atoms with E-state index in [1.165, 1.54) is 29.0 Å². The van der Waals surface area contributed by atoms with Crippen molar-refractivity contribution in [2.45, 2.75) is 18.3 Å². The number of amides is 4. The molecule has 2 N–H and O–H groups in total. The first-order valence-corrected chi connectivity index (χ1v) is 7.89. The third-order valence-corrected chi connectivity index (χ3v) is 4.67. The van der Waals surface area contributed by atoms with Gasteiger partial charge in [0.15, 0.2) is 5.54 Å². The molecule has 2 saturated heterocycles. The Balaban J connectivity index is 1.81. The smallest absolute Gasteiger partial charge is 0.345 e. The van der Waals surface area contributed by atoms with E-state index < -0.39 is 17.3 Å². The average molecular weight is 370 g/mol. The summed E-state index contributed by atoms with van der Waals surface area (Å²) >= 11 is 0. The van der Waals surface area contributed by atoms with Gasteiger partial charge in [-0.2, -0.15) is 13.2 Å². The highest BCUT2D eigenvalue weighted by molar-refractivity contribution is 6.00. The molecule has 2 heterocycles. The molecular formula is C16H17F3N4O3. The summed E-state index contributed by atoms with van der Waals surface area (Å²) in [6.45, 7) is -0.122. The summed E-state index contributed by atoms with van der Waals surface area (Å²) in [6, 6.07) is 4.08. The van der Waals surface area contributed by atoms with Gasteiger partial charge in [0.05, 0.1) is 25.2 Å². The number of hydrogen-bond acceptors (Lipinski definition) is 3. The van der Waals surface area contributed by atoms with Gasteiger partial charge >= 0.3 is 12.2 Å². The number of benzene rings is 1. The van der Waals surface area contributed by atoms with Gasteiger partial charge in [-0.05, 0) is 17.7 Å². The van der Waals surface area contributed by atoms with E-state index in [0.717, 1.165) is 12.1 Å². The number of carbonyl (C=O) groups excluding carboxylic acids is 3. The molecular weight excluding hydrogens is 353 g/mol. The van der Waals surface area contributed by atoms with Crippen molar-refractivity contribution in [3.63, 3.8) is 0 Å². The Morgan fingerprint density at radius 3 is 2.38 bits per heavy atom. The van der Waals surface area contributed by atoms with E-state index >= 15 is 0 Å². The first-order chi connectivity index (χ1) is 12.2. The normalized spacial score (nSPS) is 19.2. The zero-order valence-electron chi connectivity index (χ0n) is 13.9. The van der Waals surface area contributed by atoms with E-state index in [4.69, 9.17) is 0 Å². The molecule has 0 atom stereocenters. The summed E-state index contributed by atoms with van der Waals surface area (Å²) in [5, 5.41) is 4.95. The molecule has 0 bridgehead atoms. The lowest BCUT2D eigenvalue weighted by Gasteiger charge is -2.55. The minimum absolute atomic E-state index is 0.00796. The Morgan fingerprint density at radius 2 is 1.85 bits per heavy atom. The maximum Gasteiger partial charge on any atom is 0.416 e. The Hall–Kier alpha value is -2.78. The Bertz CT molecular complexity index is 742. The number of alkyl halides is 3. The second-order valence-electron chi connectivity index (χ2n) is 6.30. The van der Waals surface area contributed by atoms with Gasteiger partial charge in [0.2, 0.25) is 11.8 Å². The minimum Gasteiger partial charge on any atom is -0.345 e. The highest BCUT2D eigenvalue weighted by atomic mass is 19.4.